The Morgan fingerprint density at radius 1 is 0.725 bits per heavy atom. The number of aromatic nitrogens is 1. The van der Waals surface area contributed by atoms with Crippen molar-refractivity contribution in [3.05, 3.63) is 148 Å². The maximum absolute atomic E-state index is 6.11. The summed E-state index contributed by atoms with van der Waals surface area (Å²) >= 11 is 0. The van der Waals surface area contributed by atoms with Gasteiger partial charge in [-0.15, -0.1) is 0 Å². The topological polar surface area (TPSA) is 14.2 Å². The van der Waals surface area contributed by atoms with Crippen LogP contribution >= 0.6 is 0 Å². The molecule has 1 heterocycles. The molecule has 0 fully saturated rings. The molecule has 262 valence electrons. The lowest BCUT2D eigenvalue weighted by atomic mass is 9.58. The van der Waals surface area contributed by atoms with Gasteiger partial charge in [-0.3, -0.25) is 0 Å². The zero-order valence-electron chi connectivity index (χ0n) is 31.7. The second-order valence-electron chi connectivity index (χ2n) is 16.9. The van der Waals surface area contributed by atoms with Gasteiger partial charge in [0, 0.05) is 42.0 Å². The zero-order chi connectivity index (χ0) is 35.3. The lowest BCUT2D eigenvalue weighted by molar-refractivity contribution is -0.00481. The molecule has 3 aliphatic carbocycles. The maximum Gasteiger partial charge on any atom is 0.0598 e. The van der Waals surface area contributed by atoms with Gasteiger partial charge < -0.3 is 9.30 Å². The normalized spacial score (nSPS) is 19.1. The summed E-state index contributed by atoms with van der Waals surface area (Å²) in [4.78, 5) is 0. The number of rotatable bonds is 11. The molecule has 0 N–H and O–H groups in total. The molecule has 0 radical (unpaired) electrons. The smallest absolute Gasteiger partial charge is 0.0598 e. The molecule has 3 atom stereocenters. The fourth-order valence-corrected chi connectivity index (χ4v) is 10.1. The van der Waals surface area contributed by atoms with Crippen molar-refractivity contribution in [3.63, 3.8) is 0 Å². The molecular formula is C49H55NO. The van der Waals surface area contributed by atoms with Gasteiger partial charge in [0.1, 0.15) is 0 Å². The first-order chi connectivity index (χ1) is 24.6. The molecular weight excluding hydrogens is 619 g/mol. The van der Waals surface area contributed by atoms with E-state index in [0.29, 0.717) is 5.92 Å². The molecule has 4 aromatic carbocycles. The van der Waals surface area contributed by atoms with E-state index in [1.807, 2.05) is 0 Å². The minimum atomic E-state index is -0.0723. The number of unbranched alkanes of at least 4 members (excludes halogenated alkanes) is 3. The predicted molar refractivity (Wildman–Crippen MR) is 215 cm³/mol. The van der Waals surface area contributed by atoms with Crippen LogP contribution in [0.1, 0.15) is 118 Å². The van der Waals surface area contributed by atoms with Crippen molar-refractivity contribution in [1.29, 1.82) is 0 Å². The summed E-state index contributed by atoms with van der Waals surface area (Å²) in [5.41, 5.74) is 17.7. The van der Waals surface area contributed by atoms with Crippen LogP contribution in [0.5, 0.6) is 0 Å². The summed E-state index contributed by atoms with van der Waals surface area (Å²) in [6, 6.07) is 37.0. The van der Waals surface area contributed by atoms with Gasteiger partial charge in [0.05, 0.1) is 11.3 Å². The van der Waals surface area contributed by atoms with Crippen LogP contribution in [0.3, 0.4) is 0 Å². The van der Waals surface area contributed by atoms with Crippen molar-refractivity contribution < 1.29 is 4.74 Å². The van der Waals surface area contributed by atoms with Crippen LogP contribution in [-0.4, -0.2) is 16.8 Å². The number of hydrogen-bond donors (Lipinski definition) is 0. The van der Waals surface area contributed by atoms with Crippen LogP contribution in [0.25, 0.3) is 27.7 Å². The van der Waals surface area contributed by atoms with Crippen molar-refractivity contribution in [2.24, 2.45) is 12.5 Å². The average molecular weight is 674 g/mol. The second-order valence-corrected chi connectivity index (χ2v) is 16.9. The molecule has 3 aliphatic rings. The molecule has 1 aromatic heterocycles. The molecule has 0 amide bonds. The second kappa shape index (κ2) is 13.4. The Morgan fingerprint density at radius 3 is 2.18 bits per heavy atom. The minimum absolute atomic E-state index is 0.0415. The molecule has 0 saturated heterocycles. The summed E-state index contributed by atoms with van der Waals surface area (Å²) in [7, 11) is 2.29. The predicted octanol–water partition coefficient (Wildman–Crippen LogP) is 12.9. The molecule has 8 rings (SSSR count). The molecule has 0 spiro atoms. The highest BCUT2D eigenvalue weighted by Gasteiger charge is 2.52. The Labute approximate surface area is 306 Å². The van der Waals surface area contributed by atoms with Crippen molar-refractivity contribution in [2.45, 2.75) is 103 Å². The summed E-state index contributed by atoms with van der Waals surface area (Å²) in [5.74, 6) is 0.610. The van der Waals surface area contributed by atoms with E-state index in [-0.39, 0.29) is 16.9 Å². The first-order valence-electron chi connectivity index (χ1n) is 19.5. The van der Waals surface area contributed by atoms with Crippen molar-refractivity contribution in [2.75, 3.05) is 6.61 Å². The molecule has 2 nitrogen and oxygen atoms in total. The highest BCUT2D eigenvalue weighted by Crippen LogP contribution is 2.66. The van der Waals surface area contributed by atoms with Crippen molar-refractivity contribution in [3.8, 4) is 11.3 Å². The van der Waals surface area contributed by atoms with E-state index in [9.17, 15) is 0 Å². The lowest BCUT2D eigenvalue weighted by Gasteiger charge is -2.44. The number of fused-ring (bicyclic) bond motifs is 7. The van der Waals surface area contributed by atoms with Gasteiger partial charge >= 0.3 is 0 Å². The van der Waals surface area contributed by atoms with Crippen LogP contribution < -0.4 is 0 Å². The monoisotopic (exact) mass is 673 g/mol. The van der Waals surface area contributed by atoms with Gasteiger partial charge in [-0.25, -0.2) is 0 Å². The lowest BCUT2D eigenvalue weighted by Crippen LogP contribution is -2.33. The fourth-order valence-electron chi connectivity index (χ4n) is 10.1. The van der Waals surface area contributed by atoms with Crippen LogP contribution in [-0.2, 0) is 18.2 Å². The molecule has 3 unspecified atom stereocenters. The van der Waals surface area contributed by atoms with Gasteiger partial charge in [0.25, 0.3) is 0 Å². The van der Waals surface area contributed by atoms with E-state index in [1.165, 1.54) is 70.1 Å². The van der Waals surface area contributed by atoms with E-state index in [0.717, 1.165) is 32.3 Å². The van der Waals surface area contributed by atoms with Gasteiger partial charge in [0.2, 0.25) is 0 Å². The van der Waals surface area contributed by atoms with Crippen LogP contribution in [0, 0.1) is 12.3 Å². The van der Waals surface area contributed by atoms with Gasteiger partial charge in [-0.1, -0.05) is 128 Å². The number of aryl methyl sites for hydroxylation is 2. The molecule has 2 heteroatoms. The summed E-state index contributed by atoms with van der Waals surface area (Å²) in [5, 5.41) is 1.43. The third-order valence-electron chi connectivity index (χ3n) is 12.3. The van der Waals surface area contributed by atoms with Crippen molar-refractivity contribution >= 4 is 16.5 Å². The quantitative estimate of drug-likeness (QED) is 0.127. The number of nitrogens with zero attached hydrogens (tertiary/aromatic N) is 1. The highest BCUT2D eigenvalue weighted by molar-refractivity contribution is 5.97. The van der Waals surface area contributed by atoms with Gasteiger partial charge in [-0.05, 0) is 116 Å². The third kappa shape index (κ3) is 6.14. The van der Waals surface area contributed by atoms with Gasteiger partial charge in [0.15, 0.2) is 0 Å². The summed E-state index contributed by atoms with van der Waals surface area (Å²) < 4.78 is 8.60. The van der Waals surface area contributed by atoms with E-state index >= 15 is 0 Å². The minimum Gasteiger partial charge on any atom is -0.376 e. The number of ether oxygens (including phenoxy) is 1. The number of allylic oxidation sites excluding steroid dienone is 4. The van der Waals surface area contributed by atoms with E-state index in [1.54, 1.807) is 27.8 Å². The third-order valence-corrected chi connectivity index (χ3v) is 12.3. The van der Waals surface area contributed by atoms with E-state index in [2.05, 4.69) is 149 Å². The van der Waals surface area contributed by atoms with Crippen LogP contribution in [0.4, 0.5) is 0 Å². The maximum atomic E-state index is 6.11. The molecule has 0 aliphatic heterocycles. The molecule has 0 saturated carbocycles. The van der Waals surface area contributed by atoms with E-state index < -0.39 is 0 Å². The zero-order valence-corrected chi connectivity index (χ0v) is 31.7. The van der Waals surface area contributed by atoms with Crippen LogP contribution in [0.2, 0.25) is 0 Å². The Balaban J connectivity index is 1.26. The summed E-state index contributed by atoms with van der Waals surface area (Å²) in [6.45, 7) is 12.3. The summed E-state index contributed by atoms with van der Waals surface area (Å²) in [6.07, 6.45) is 11.9. The highest BCUT2D eigenvalue weighted by atomic mass is 16.5. The molecule has 5 aromatic rings. The van der Waals surface area contributed by atoms with E-state index in [4.69, 9.17) is 4.74 Å². The Kier molecular flexibility index (Phi) is 8.95. The molecule has 51 heavy (non-hydrogen) atoms. The standard InChI is InChI=1S/C49H55NO/c1-33-24-27-43-42(30-33)44-46(39-22-14-15-23-40(39)47(44)50(43)6)49(5,28-16-7-8-17-29-51-48(2,3)4)45-38-21-13-12-20-36(38)37-26-25-35(32-41(37)45)31-34-18-10-9-11-19-34/h9-15,18-24,27,30,32,45-46H,7-8,16-17,25-26,28-29,31H2,1-6H3. The SMILES string of the molecule is Cc1ccc2c(c1)c1c(n2C)-c2ccccc2C1C(C)(CCCCCCOC(C)(C)C)C1C2=C(CCC(Cc3ccccc3)=C2)c2ccccc21. The van der Waals surface area contributed by atoms with Crippen LogP contribution in [0.15, 0.2) is 114 Å². The first-order valence-corrected chi connectivity index (χ1v) is 19.5. The largest absolute Gasteiger partial charge is 0.376 e. The van der Waals surface area contributed by atoms with Crippen molar-refractivity contribution in [1.82, 2.24) is 4.57 Å². The Bertz CT molecular complexity index is 2140. The average Bonchev–Trinajstić information content (AvgIpc) is 3.73. The fraction of sp³-hybridized carbons (Fsp3) is 0.388. The number of hydrogen-bond acceptors (Lipinski definition) is 1. The number of benzene rings is 4. The Morgan fingerprint density at radius 2 is 1.41 bits per heavy atom. The first kappa shape index (κ1) is 34.0. The van der Waals surface area contributed by atoms with Gasteiger partial charge in [-0.2, -0.15) is 0 Å². The molecule has 0 bridgehead atoms. The Hall–Kier alpha value is -4.14.